The van der Waals surface area contributed by atoms with Gasteiger partial charge in [0.2, 0.25) is 5.91 Å². The number of methoxy groups -OCH3 is 1. The molecule has 2 amide bonds. The van der Waals surface area contributed by atoms with Gasteiger partial charge in [-0.05, 0) is 54.7 Å². The van der Waals surface area contributed by atoms with E-state index >= 15 is 0 Å². The number of carbonyl (C=O) groups excluding carboxylic acids is 2. The number of nitrogens with zero attached hydrogens (tertiary/aromatic N) is 3. The number of hydrogen-bond acceptors (Lipinski definition) is 6. The molecule has 0 saturated carbocycles. The van der Waals surface area contributed by atoms with E-state index in [0.717, 1.165) is 23.2 Å². The molecule has 0 unspecified atom stereocenters. The molecule has 2 N–H and O–H groups in total. The van der Waals surface area contributed by atoms with Crippen molar-refractivity contribution in [1.82, 2.24) is 20.1 Å². The van der Waals surface area contributed by atoms with Crippen LogP contribution in [0.25, 0.3) is 0 Å². The lowest BCUT2D eigenvalue weighted by atomic mass is 10.0. The molecule has 0 saturated heterocycles. The number of nitrogens with one attached hydrogen (secondary N) is 2. The highest BCUT2D eigenvalue weighted by atomic mass is 32.2. The maximum absolute atomic E-state index is 12.9. The van der Waals surface area contributed by atoms with Gasteiger partial charge in [0.25, 0.3) is 5.91 Å². The summed E-state index contributed by atoms with van der Waals surface area (Å²) in [6.07, 6.45) is 0.843. The first kappa shape index (κ1) is 26.3. The third-order valence-electron chi connectivity index (χ3n) is 5.79. The molecular formula is C26H33N5O3S. The number of aromatic nitrogens is 3. The lowest BCUT2D eigenvalue weighted by molar-refractivity contribution is -0.113. The molecule has 0 spiro atoms. The Bertz CT molecular complexity index is 1170. The summed E-state index contributed by atoms with van der Waals surface area (Å²) >= 11 is 1.31. The van der Waals surface area contributed by atoms with Crippen molar-refractivity contribution in [3.8, 4) is 5.75 Å². The third-order valence-corrected chi connectivity index (χ3v) is 6.81. The van der Waals surface area contributed by atoms with Gasteiger partial charge in [0.15, 0.2) is 11.0 Å². The van der Waals surface area contributed by atoms with Gasteiger partial charge in [-0.25, -0.2) is 0 Å². The zero-order chi connectivity index (χ0) is 25.5. The summed E-state index contributed by atoms with van der Waals surface area (Å²) in [5.74, 6) is 1.30. The van der Waals surface area contributed by atoms with Gasteiger partial charge in [-0.3, -0.25) is 9.59 Å². The molecule has 3 aromatic rings. The summed E-state index contributed by atoms with van der Waals surface area (Å²) in [5, 5.41) is 15.3. The molecule has 35 heavy (non-hydrogen) atoms. The Hall–Kier alpha value is -3.33. The van der Waals surface area contributed by atoms with Crippen molar-refractivity contribution >= 4 is 29.3 Å². The normalized spacial score (nSPS) is 11.9. The van der Waals surface area contributed by atoms with Crippen LogP contribution in [0.5, 0.6) is 5.75 Å². The Morgan fingerprint density at radius 3 is 2.46 bits per heavy atom. The van der Waals surface area contributed by atoms with E-state index in [1.165, 1.54) is 11.8 Å². The topological polar surface area (TPSA) is 98.1 Å². The lowest BCUT2D eigenvalue weighted by Crippen LogP contribution is -2.33. The summed E-state index contributed by atoms with van der Waals surface area (Å²) in [4.78, 5) is 25.5. The van der Waals surface area contributed by atoms with Crippen molar-refractivity contribution < 1.29 is 14.3 Å². The number of aryl methyl sites for hydroxylation is 2. The number of ether oxygens (including phenoxy) is 1. The summed E-state index contributed by atoms with van der Waals surface area (Å²) in [6.45, 7) is 8.09. The fraction of sp³-hybridized carbons (Fsp3) is 0.385. The molecular weight excluding hydrogens is 462 g/mol. The second kappa shape index (κ2) is 11.9. The molecule has 2 aromatic carbocycles. The minimum absolute atomic E-state index is 0.0785. The van der Waals surface area contributed by atoms with Crippen LogP contribution in [-0.4, -0.2) is 39.4 Å². The van der Waals surface area contributed by atoms with Gasteiger partial charge in [-0.15, -0.1) is 10.2 Å². The highest BCUT2D eigenvalue weighted by molar-refractivity contribution is 7.99. The molecule has 1 heterocycles. The smallest absolute Gasteiger partial charge is 0.251 e. The maximum atomic E-state index is 12.9. The van der Waals surface area contributed by atoms with E-state index in [1.54, 1.807) is 31.4 Å². The second-order valence-electron chi connectivity index (χ2n) is 8.62. The number of thioether (sulfide) groups is 1. The summed E-state index contributed by atoms with van der Waals surface area (Å²) in [5.41, 5.74) is 3.56. The van der Waals surface area contributed by atoms with Crippen LogP contribution in [-0.2, 0) is 18.3 Å². The lowest BCUT2D eigenvalue weighted by Gasteiger charge is -2.21. The van der Waals surface area contributed by atoms with E-state index in [2.05, 4.69) is 27.8 Å². The number of benzene rings is 2. The Kier molecular flexibility index (Phi) is 8.92. The number of para-hydroxylation sites is 1. The number of amides is 2. The van der Waals surface area contributed by atoms with E-state index in [9.17, 15) is 9.59 Å². The van der Waals surface area contributed by atoms with Gasteiger partial charge in [0.1, 0.15) is 5.75 Å². The zero-order valence-corrected chi connectivity index (χ0v) is 21.9. The first-order valence-electron chi connectivity index (χ1n) is 11.6. The fourth-order valence-electron chi connectivity index (χ4n) is 3.73. The van der Waals surface area contributed by atoms with E-state index < -0.39 is 0 Å². The maximum Gasteiger partial charge on any atom is 0.251 e. The highest BCUT2D eigenvalue weighted by Gasteiger charge is 2.25. The van der Waals surface area contributed by atoms with Crippen LogP contribution in [0.4, 0.5) is 5.69 Å². The van der Waals surface area contributed by atoms with Crippen LogP contribution in [0.3, 0.4) is 0 Å². The van der Waals surface area contributed by atoms with Crippen LogP contribution in [0.15, 0.2) is 47.6 Å². The third kappa shape index (κ3) is 6.42. The van der Waals surface area contributed by atoms with Gasteiger partial charge < -0.3 is 19.9 Å². The van der Waals surface area contributed by atoms with E-state index in [-0.39, 0.29) is 29.5 Å². The Labute approximate surface area is 210 Å². The van der Waals surface area contributed by atoms with Crippen LogP contribution in [0, 0.1) is 12.8 Å². The van der Waals surface area contributed by atoms with Gasteiger partial charge >= 0.3 is 0 Å². The van der Waals surface area contributed by atoms with E-state index in [0.29, 0.717) is 22.3 Å². The molecule has 0 fully saturated rings. The van der Waals surface area contributed by atoms with Gasteiger partial charge in [0.05, 0.1) is 18.9 Å². The van der Waals surface area contributed by atoms with Crippen LogP contribution in [0.2, 0.25) is 0 Å². The molecule has 0 aliphatic heterocycles. The number of anilines is 1. The molecule has 186 valence electrons. The zero-order valence-electron chi connectivity index (χ0n) is 21.1. The van der Waals surface area contributed by atoms with Crippen molar-refractivity contribution in [1.29, 1.82) is 0 Å². The number of hydrogen-bond donors (Lipinski definition) is 2. The molecule has 0 aliphatic rings. The molecule has 0 bridgehead atoms. The largest absolute Gasteiger partial charge is 0.497 e. The molecule has 0 radical (unpaired) electrons. The summed E-state index contributed by atoms with van der Waals surface area (Å²) in [6, 6.07) is 12.6. The van der Waals surface area contributed by atoms with Crippen LogP contribution >= 0.6 is 11.8 Å². The average molecular weight is 496 g/mol. The monoisotopic (exact) mass is 495 g/mol. The SMILES string of the molecule is CCc1cccc(C)c1NC(=O)CSc1nnc([C@@H](NC(=O)c2ccc(OC)cc2)C(C)C)n1C. The predicted molar refractivity (Wildman–Crippen MR) is 139 cm³/mol. The van der Waals surface area contributed by atoms with Crippen LogP contribution in [0.1, 0.15) is 54.1 Å². The van der Waals surface area contributed by atoms with Crippen LogP contribution < -0.4 is 15.4 Å². The molecule has 1 aromatic heterocycles. The first-order chi connectivity index (χ1) is 16.7. The minimum atomic E-state index is -0.343. The van der Waals surface area contributed by atoms with Crippen molar-refractivity contribution in [2.45, 2.75) is 45.3 Å². The first-order valence-corrected chi connectivity index (χ1v) is 12.6. The summed E-state index contributed by atoms with van der Waals surface area (Å²) < 4.78 is 7.00. The van der Waals surface area contributed by atoms with Crippen molar-refractivity contribution in [3.05, 3.63) is 65.0 Å². The Morgan fingerprint density at radius 1 is 1.11 bits per heavy atom. The molecule has 3 rings (SSSR count). The average Bonchev–Trinajstić information content (AvgIpc) is 3.21. The van der Waals surface area contributed by atoms with Gasteiger partial charge in [-0.1, -0.05) is 50.7 Å². The van der Waals surface area contributed by atoms with Gasteiger partial charge in [-0.2, -0.15) is 0 Å². The molecule has 9 heteroatoms. The van der Waals surface area contributed by atoms with E-state index in [4.69, 9.17) is 4.74 Å². The van der Waals surface area contributed by atoms with E-state index in [1.807, 2.05) is 50.6 Å². The van der Waals surface area contributed by atoms with Crippen molar-refractivity contribution in [3.63, 3.8) is 0 Å². The summed E-state index contributed by atoms with van der Waals surface area (Å²) in [7, 11) is 3.43. The molecule has 0 aliphatic carbocycles. The van der Waals surface area contributed by atoms with Crippen molar-refractivity contribution in [2.75, 3.05) is 18.2 Å². The minimum Gasteiger partial charge on any atom is -0.497 e. The molecule has 1 atom stereocenters. The van der Waals surface area contributed by atoms with Crippen molar-refractivity contribution in [2.24, 2.45) is 13.0 Å². The predicted octanol–water partition coefficient (Wildman–Crippen LogP) is 4.55. The molecule has 8 nitrogen and oxygen atoms in total. The van der Waals surface area contributed by atoms with Gasteiger partial charge in [0, 0.05) is 18.3 Å². The quantitative estimate of drug-likeness (QED) is 0.401. The number of carbonyl (C=O) groups is 2. The Morgan fingerprint density at radius 2 is 1.83 bits per heavy atom. The Balaban J connectivity index is 1.68. The highest BCUT2D eigenvalue weighted by Crippen LogP contribution is 2.26. The second-order valence-corrected chi connectivity index (χ2v) is 9.57. The number of rotatable bonds is 10. The fourth-order valence-corrected chi connectivity index (χ4v) is 4.44. The standard InChI is InChI=1S/C26H33N5O3S/c1-7-18-10-8-9-17(4)23(18)27-21(32)15-35-26-30-29-24(31(26)5)22(16(2)3)28-25(33)19-11-13-20(34-6)14-12-19/h8-14,16,22H,7,15H2,1-6H3,(H,27,32)(H,28,33)/t22-/m0/s1.